The molecule has 2 aromatic rings. The monoisotopic (exact) mass is 307 g/mol. The summed E-state index contributed by atoms with van der Waals surface area (Å²) >= 11 is 0. The summed E-state index contributed by atoms with van der Waals surface area (Å²) in [7, 11) is 1.66. The van der Waals surface area contributed by atoms with Crippen LogP contribution in [0.2, 0.25) is 0 Å². The van der Waals surface area contributed by atoms with E-state index in [0.29, 0.717) is 30.8 Å². The summed E-state index contributed by atoms with van der Waals surface area (Å²) in [4.78, 5) is 29.5. The zero-order chi connectivity index (χ0) is 16.4. The van der Waals surface area contributed by atoms with Crippen LogP contribution in [0, 0.1) is 0 Å². The Kier molecular flexibility index (Phi) is 4.85. The molecule has 0 atom stereocenters. The molecule has 0 radical (unpaired) electrons. The van der Waals surface area contributed by atoms with Crippen LogP contribution in [0.25, 0.3) is 11.2 Å². The largest absolute Gasteiger partial charge is 0.332 e. The number of hydrogen-bond donors (Lipinski definition) is 1. The van der Waals surface area contributed by atoms with Crippen molar-refractivity contribution < 1.29 is 0 Å². The van der Waals surface area contributed by atoms with E-state index < -0.39 is 0 Å². The number of fused-ring (bicyclic) bond motifs is 1. The number of nitrogens with two attached hydrogens (primary N) is 1. The summed E-state index contributed by atoms with van der Waals surface area (Å²) in [5.74, 6) is 1.02. The minimum absolute atomic E-state index is 0.176. The number of unbranched alkanes of at least 4 members (excludes halogenated alkanes) is 1. The number of aromatic nitrogens is 4. The van der Waals surface area contributed by atoms with Crippen molar-refractivity contribution in [2.75, 3.05) is 6.54 Å². The third-order valence-electron chi connectivity index (χ3n) is 3.93. The highest BCUT2D eigenvalue weighted by atomic mass is 16.2. The Labute approximate surface area is 129 Å². The van der Waals surface area contributed by atoms with Crippen LogP contribution in [0.1, 0.15) is 45.4 Å². The molecule has 0 saturated heterocycles. The van der Waals surface area contributed by atoms with Gasteiger partial charge in [-0.2, -0.15) is 0 Å². The van der Waals surface area contributed by atoms with E-state index in [-0.39, 0.29) is 17.2 Å². The van der Waals surface area contributed by atoms with Gasteiger partial charge in [-0.25, -0.2) is 9.78 Å². The van der Waals surface area contributed by atoms with Gasteiger partial charge in [0.1, 0.15) is 5.82 Å². The van der Waals surface area contributed by atoms with Crippen molar-refractivity contribution in [3.8, 4) is 0 Å². The lowest BCUT2D eigenvalue weighted by Gasteiger charge is -2.11. The first kappa shape index (κ1) is 16.5. The number of aryl methyl sites for hydroxylation is 2. The molecule has 0 aliphatic heterocycles. The Hall–Kier alpha value is -1.89. The molecular formula is C15H25N5O2. The number of rotatable bonds is 6. The molecule has 7 heteroatoms. The van der Waals surface area contributed by atoms with Crippen LogP contribution in [0.4, 0.5) is 0 Å². The zero-order valence-electron chi connectivity index (χ0n) is 13.8. The molecule has 0 aliphatic carbocycles. The summed E-state index contributed by atoms with van der Waals surface area (Å²) in [5.41, 5.74) is 5.97. The quantitative estimate of drug-likeness (QED) is 0.799. The van der Waals surface area contributed by atoms with Gasteiger partial charge in [-0.1, -0.05) is 13.8 Å². The molecule has 22 heavy (non-hydrogen) atoms. The average Bonchev–Trinajstić information content (AvgIpc) is 2.86. The molecule has 2 N–H and O–H groups in total. The Morgan fingerprint density at radius 3 is 2.41 bits per heavy atom. The second-order valence-corrected chi connectivity index (χ2v) is 5.84. The average molecular weight is 307 g/mol. The number of hydrogen-bond acceptors (Lipinski definition) is 4. The maximum absolute atomic E-state index is 12.7. The van der Waals surface area contributed by atoms with Gasteiger partial charge in [-0.3, -0.25) is 13.9 Å². The van der Waals surface area contributed by atoms with Crippen molar-refractivity contribution in [1.82, 2.24) is 18.7 Å². The van der Waals surface area contributed by atoms with E-state index >= 15 is 0 Å². The van der Waals surface area contributed by atoms with Crippen molar-refractivity contribution in [3.05, 3.63) is 26.7 Å². The molecule has 122 valence electrons. The predicted molar refractivity (Wildman–Crippen MR) is 87.3 cm³/mol. The van der Waals surface area contributed by atoms with E-state index in [2.05, 4.69) is 4.98 Å². The maximum atomic E-state index is 12.7. The molecule has 0 aromatic carbocycles. The van der Waals surface area contributed by atoms with Crippen molar-refractivity contribution in [2.45, 2.75) is 52.6 Å². The van der Waals surface area contributed by atoms with Gasteiger partial charge in [0.05, 0.1) is 0 Å². The van der Waals surface area contributed by atoms with Crippen LogP contribution in [0.5, 0.6) is 0 Å². The lowest BCUT2D eigenvalue weighted by molar-refractivity contribution is 0.579. The minimum Gasteiger partial charge on any atom is -0.330 e. The van der Waals surface area contributed by atoms with Gasteiger partial charge in [-0.15, -0.1) is 0 Å². The summed E-state index contributed by atoms with van der Waals surface area (Å²) in [6, 6.07) is 0. The molecule has 0 unspecified atom stereocenters. The molecule has 2 aromatic heterocycles. The van der Waals surface area contributed by atoms with Gasteiger partial charge in [0.15, 0.2) is 11.2 Å². The highest BCUT2D eigenvalue weighted by Crippen LogP contribution is 2.19. The van der Waals surface area contributed by atoms with Crippen molar-refractivity contribution >= 4 is 11.2 Å². The highest BCUT2D eigenvalue weighted by molar-refractivity contribution is 5.71. The second-order valence-electron chi connectivity index (χ2n) is 5.84. The molecule has 2 heterocycles. The van der Waals surface area contributed by atoms with Crippen molar-refractivity contribution in [2.24, 2.45) is 12.8 Å². The SMILES string of the molecule is CCn1c(=O)c2c(nc(C(C)C)n2CCCCN)n(C)c1=O. The second kappa shape index (κ2) is 6.48. The Morgan fingerprint density at radius 2 is 1.86 bits per heavy atom. The topological polar surface area (TPSA) is 87.8 Å². The Bertz CT molecular complexity index is 782. The van der Waals surface area contributed by atoms with E-state index in [4.69, 9.17) is 5.73 Å². The lowest BCUT2D eigenvalue weighted by atomic mass is 10.2. The third-order valence-corrected chi connectivity index (χ3v) is 3.93. The fraction of sp³-hybridized carbons (Fsp3) is 0.667. The van der Waals surface area contributed by atoms with Crippen LogP contribution < -0.4 is 17.0 Å². The molecule has 0 fully saturated rings. The highest BCUT2D eigenvalue weighted by Gasteiger charge is 2.20. The molecule has 0 amide bonds. The Balaban J connectivity index is 2.79. The minimum atomic E-state index is -0.318. The summed E-state index contributed by atoms with van der Waals surface area (Å²) < 4.78 is 4.68. The molecule has 2 rings (SSSR count). The number of nitrogens with zero attached hydrogens (tertiary/aromatic N) is 4. The normalized spacial score (nSPS) is 11.7. The van der Waals surface area contributed by atoms with E-state index in [9.17, 15) is 9.59 Å². The fourth-order valence-electron chi connectivity index (χ4n) is 2.75. The van der Waals surface area contributed by atoms with Crippen molar-refractivity contribution in [1.29, 1.82) is 0 Å². The van der Waals surface area contributed by atoms with Gasteiger partial charge in [0.2, 0.25) is 0 Å². The van der Waals surface area contributed by atoms with E-state index in [1.807, 2.05) is 18.4 Å². The molecular weight excluding hydrogens is 282 g/mol. The first-order chi connectivity index (χ1) is 10.4. The Morgan fingerprint density at radius 1 is 1.18 bits per heavy atom. The lowest BCUT2D eigenvalue weighted by Crippen LogP contribution is -2.39. The smallest absolute Gasteiger partial charge is 0.330 e. The first-order valence-electron chi connectivity index (χ1n) is 7.84. The van der Waals surface area contributed by atoms with Crippen LogP contribution in [0.3, 0.4) is 0 Å². The standard InChI is InChI=1S/C15H25N5O2/c1-5-19-14(21)11-13(18(4)15(19)22)17-12(10(2)3)20(11)9-7-6-8-16/h10H,5-9,16H2,1-4H3. The van der Waals surface area contributed by atoms with Gasteiger partial charge in [0, 0.05) is 26.1 Å². The molecule has 0 bridgehead atoms. The molecule has 0 spiro atoms. The van der Waals surface area contributed by atoms with Crippen LogP contribution in [-0.2, 0) is 20.1 Å². The predicted octanol–water partition coefficient (Wildman–Crippen LogP) is 0.779. The fourth-order valence-corrected chi connectivity index (χ4v) is 2.75. The maximum Gasteiger partial charge on any atom is 0.332 e. The van der Waals surface area contributed by atoms with E-state index in [1.54, 1.807) is 14.0 Å². The van der Waals surface area contributed by atoms with E-state index in [0.717, 1.165) is 18.7 Å². The molecule has 7 nitrogen and oxygen atoms in total. The van der Waals surface area contributed by atoms with Gasteiger partial charge in [0.25, 0.3) is 5.56 Å². The van der Waals surface area contributed by atoms with Gasteiger partial charge >= 0.3 is 5.69 Å². The van der Waals surface area contributed by atoms with Gasteiger partial charge < -0.3 is 10.3 Å². The summed E-state index contributed by atoms with van der Waals surface area (Å²) in [6.07, 6.45) is 1.78. The zero-order valence-corrected chi connectivity index (χ0v) is 13.8. The number of imidazole rings is 1. The van der Waals surface area contributed by atoms with E-state index in [1.165, 1.54) is 9.13 Å². The molecule has 0 aliphatic rings. The third kappa shape index (κ3) is 2.61. The summed E-state index contributed by atoms with van der Waals surface area (Å²) in [5, 5.41) is 0. The first-order valence-corrected chi connectivity index (χ1v) is 7.84. The van der Waals surface area contributed by atoms with Crippen LogP contribution in [0.15, 0.2) is 9.59 Å². The molecule has 0 saturated carbocycles. The summed E-state index contributed by atoms with van der Waals surface area (Å²) in [6.45, 7) is 7.55. The van der Waals surface area contributed by atoms with Crippen LogP contribution in [-0.4, -0.2) is 25.2 Å². The van der Waals surface area contributed by atoms with Gasteiger partial charge in [-0.05, 0) is 26.3 Å². The van der Waals surface area contributed by atoms with Crippen LogP contribution >= 0.6 is 0 Å². The van der Waals surface area contributed by atoms with Crippen molar-refractivity contribution in [3.63, 3.8) is 0 Å².